The molecule has 0 spiro atoms. The first-order valence-corrected chi connectivity index (χ1v) is 18.9. The normalized spacial score (nSPS) is 27.9. The summed E-state index contributed by atoms with van der Waals surface area (Å²) in [7, 11) is 0. The zero-order chi connectivity index (χ0) is 37.7. The van der Waals surface area contributed by atoms with Gasteiger partial charge in [-0.05, 0) is 80.0 Å². The molecule has 8 rings (SSSR count). The number of amides is 1. The van der Waals surface area contributed by atoms with Gasteiger partial charge in [0.15, 0.2) is 0 Å². The minimum Gasteiger partial charge on any atom is -0.461 e. The predicted octanol–water partition coefficient (Wildman–Crippen LogP) is 5.67. The van der Waals surface area contributed by atoms with Crippen LogP contribution < -0.4 is 9.64 Å². The topological polar surface area (TPSA) is 88.8 Å². The predicted molar refractivity (Wildman–Crippen MR) is 197 cm³/mol. The number of likely N-dealkylation sites (tertiary alicyclic amines) is 1. The van der Waals surface area contributed by atoms with Gasteiger partial charge in [0.05, 0.1) is 40.9 Å². The highest BCUT2D eigenvalue weighted by molar-refractivity contribution is 5.88. The number of hydrogen-bond acceptors (Lipinski definition) is 8. The Hall–Kier alpha value is -4.91. The maximum atomic E-state index is 15.1. The highest BCUT2D eigenvalue weighted by Gasteiger charge is 2.49. The average Bonchev–Trinajstić information content (AvgIpc) is 3.59. The summed E-state index contributed by atoms with van der Waals surface area (Å²) in [6.07, 6.45) is 10.2. The first-order chi connectivity index (χ1) is 26.1. The highest BCUT2D eigenvalue weighted by Crippen LogP contribution is 2.43. The van der Waals surface area contributed by atoms with E-state index in [1.165, 1.54) is 24.3 Å². The summed E-state index contributed by atoms with van der Waals surface area (Å²) in [5.74, 6) is 2.14. The fourth-order valence-electron chi connectivity index (χ4n) is 9.67. The van der Waals surface area contributed by atoms with Crippen LogP contribution in [-0.2, 0) is 30.7 Å². The molecule has 1 unspecified atom stereocenters. The van der Waals surface area contributed by atoms with Crippen LogP contribution in [0.4, 0.5) is 19.0 Å². The Morgan fingerprint density at radius 3 is 2.72 bits per heavy atom. The number of ether oxygens (including phenoxy) is 1. The minimum absolute atomic E-state index is 0.0777. The van der Waals surface area contributed by atoms with E-state index >= 15 is 8.78 Å². The Balaban J connectivity index is 1.12. The smallest absolute Gasteiger partial charge is 0.318 e. The number of nitrogens with zero attached hydrogens (tertiary/aromatic N) is 7. The van der Waals surface area contributed by atoms with Gasteiger partial charge < -0.3 is 14.5 Å². The maximum absolute atomic E-state index is 15.1. The minimum atomic E-state index is -1.05. The molecule has 0 saturated carbocycles. The van der Waals surface area contributed by atoms with Gasteiger partial charge >= 0.3 is 6.01 Å². The molecule has 9 nitrogen and oxygen atoms in total. The van der Waals surface area contributed by atoms with Gasteiger partial charge in [0, 0.05) is 57.3 Å². The second-order valence-corrected chi connectivity index (χ2v) is 15.7. The number of fused-ring (bicyclic) bond motifs is 4. The van der Waals surface area contributed by atoms with Crippen molar-refractivity contribution in [3.05, 3.63) is 94.2 Å². The lowest BCUT2D eigenvalue weighted by atomic mass is 9.83. The van der Waals surface area contributed by atoms with E-state index in [1.54, 1.807) is 17.0 Å². The Morgan fingerprint density at radius 2 is 1.96 bits per heavy atom. The number of aromatic nitrogens is 2. The average molecular weight is 736 g/mol. The monoisotopic (exact) mass is 735 g/mol. The first kappa shape index (κ1) is 36.1. The number of nitriles is 1. The molecule has 1 amide bonds. The van der Waals surface area contributed by atoms with Crippen LogP contribution in [0.5, 0.6) is 6.01 Å². The van der Waals surface area contributed by atoms with Gasteiger partial charge in [-0.2, -0.15) is 15.2 Å². The lowest BCUT2D eigenvalue weighted by Crippen LogP contribution is -2.57. The van der Waals surface area contributed by atoms with Gasteiger partial charge in [0.2, 0.25) is 5.91 Å². The molecule has 2 bridgehead atoms. The van der Waals surface area contributed by atoms with Crippen LogP contribution in [-0.4, -0.2) is 87.2 Å². The first-order valence-electron chi connectivity index (χ1n) is 18.9. The summed E-state index contributed by atoms with van der Waals surface area (Å²) in [5, 5.41) is 10.0. The fraction of sp³-hybridized carbons (Fsp3) is 0.476. The van der Waals surface area contributed by atoms with E-state index in [1.807, 2.05) is 17.9 Å². The number of terminal acetylenes is 1. The van der Waals surface area contributed by atoms with E-state index in [9.17, 15) is 14.4 Å². The van der Waals surface area contributed by atoms with Gasteiger partial charge in [-0.25, -0.2) is 13.2 Å². The molecule has 0 N–H and O–H groups in total. The molecule has 0 radical (unpaired) electrons. The number of aryl methyl sites for hydroxylation is 1. The van der Waals surface area contributed by atoms with Crippen molar-refractivity contribution in [2.75, 3.05) is 37.7 Å². The SMILES string of the molecule is C#Cc1c(F)ccc2c1[C@H](N1CCc3c(nc(OC[C@]4(C)C[C@@H](F)CN4Cc4ccc(F)cc4)nc3N3C[C@H]4CC(C#N)[C@@H](C3)N4C(=O)C=C)C1)CCC2. The molecule has 280 valence electrons. The third-order valence-corrected chi connectivity index (χ3v) is 12.3. The van der Waals surface area contributed by atoms with Gasteiger partial charge in [0.1, 0.15) is 30.2 Å². The van der Waals surface area contributed by atoms with Crippen LogP contribution in [0.1, 0.15) is 72.2 Å². The molecular formula is C42H44F3N7O2. The van der Waals surface area contributed by atoms with E-state index in [-0.39, 0.29) is 67.2 Å². The summed E-state index contributed by atoms with van der Waals surface area (Å²) in [6, 6.07) is 11.6. The summed E-state index contributed by atoms with van der Waals surface area (Å²) in [5.41, 5.74) is 4.26. The van der Waals surface area contributed by atoms with Crippen LogP contribution in [0.15, 0.2) is 49.1 Å². The van der Waals surface area contributed by atoms with Crippen molar-refractivity contribution in [1.29, 1.82) is 5.26 Å². The standard InChI is InChI=1S/C42H44F3N7O2/c1-4-32-34(45)14-11-27-7-6-8-36(39(27)32)49-16-15-33-35(23-49)47-41(48-40(33)50-22-31-17-28(19-46)37(24-50)52(31)38(53)5-2)54-25-42(3)18-30(44)21-51(42)20-26-9-12-29(43)13-10-26/h1,5,9-14,28,30-31,36-37H,2,6-8,15-18,20-25H2,3H3/t28?,30-,31-,36-,37-,42+/m1/s1. The van der Waals surface area contributed by atoms with Crippen molar-refractivity contribution in [2.45, 2.75) is 88.4 Å². The molecule has 5 heterocycles. The quantitative estimate of drug-likeness (QED) is 0.216. The molecule has 3 aromatic rings. The molecule has 6 atom stereocenters. The number of anilines is 1. The largest absolute Gasteiger partial charge is 0.461 e. The third-order valence-electron chi connectivity index (χ3n) is 12.3. The summed E-state index contributed by atoms with van der Waals surface area (Å²) in [4.78, 5) is 31.3. The molecule has 12 heteroatoms. The van der Waals surface area contributed by atoms with Crippen LogP contribution in [0, 0.1) is 41.2 Å². The van der Waals surface area contributed by atoms with Crippen LogP contribution in [0.25, 0.3) is 0 Å². The number of hydrogen-bond donors (Lipinski definition) is 0. The molecule has 2 aromatic carbocycles. The zero-order valence-corrected chi connectivity index (χ0v) is 30.5. The van der Waals surface area contributed by atoms with Crippen molar-refractivity contribution >= 4 is 11.7 Å². The second-order valence-electron chi connectivity index (χ2n) is 15.7. The fourth-order valence-corrected chi connectivity index (χ4v) is 9.67. The van der Waals surface area contributed by atoms with Gasteiger partial charge in [0.25, 0.3) is 0 Å². The third kappa shape index (κ3) is 6.50. The van der Waals surface area contributed by atoms with Gasteiger partial charge in [-0.1, -0.05) is 30.7 Å². The van der Waals surface area contributed by atoms with E-state index in [0.29, 0.717) is 51.1 Å². The van der Waals surface area contributed by atoms with Crippen LogP contribution >= 0.6 is 0 Å². The van der Waals surface area contributed by atoms with Crippen molar-refractivity contribution in [2.24, 2.45) is 5.92 Å². The lowest BCUT2D eigenvalue weighted by molar-refractivity contribution is -0.129. The van der Waals surface area contributed by atoms with Crippen molar-refractivity contribution in [3.63, 3.8) is 0 Å². The van der Waals surface area contributed by atoms with Crippen LogP contribution in [0.3, 0.4) is 0 Å². The number of halogens is 3. The Labute approximate surface area is 314 Å². The van der Waals surface area contributed by atoms with Crippen LogP contribution in [0.2, 0.25) is 0 Å². The van der Waals surface area contributed by atoms with Crippen molar-refractivity contribution < 1.29 is 22.7 Å². The van der Waals surface area contributed by atoms with E-state index in [4.69, 9.17) is 21.1 Å². The summed E-state index contributed by atoms with van der Waals surface area (Å²) >= 11 is 0. The number of piperazine rings is 1. The van der Waals surface area contributed by atoms with E-state index < -0.39 is 11.7 Å². The number of carbonyl (C=O) groups excluding carboxylic acids is 1. The van der Waals surface area contributed by atoms with Gasteiger partial charge in [-0.15, -0.1) is 6.42 Å². The van der Waals surface area contributed by atoms with Gasteiger partial charge in [-0.3, -0.25) is 14.6 Å². The molecule has 3 saturated heterocycles. The maximum Gasteiger partial charge on any atom is 0.318 e. The van der Waals surface area contributed by atoms with Crippen molar-refractivity contribution in [1.82, 2.24) is 24.7 Å². The Bertz CT molecular complexity index is 2050. The number of rotatable bonds is 8. The van der Waals surface area contributed by atoms with E-state index in [2.05, 4.69) is 28.4 Å². The molecular weight excluding hydrogens is 692 g/mol. The molecule has 1 aromatic heterocycles. The Morgan fingerprint density at radius 1 is 1.15 bits per heavy atom. The lowest BCUT2D eigenvalue weighted by Gasteiger charge is -2.43. The van der Waals surface area contributed by atoms with Crippen molar-refractivity contribution in [3.8, 4) is 24.4 Å². The highest BCUT2D eigenvalue weighted by atomic mass is 19.1. The number of carbonyl (C=O) groups is 1. The number of benzene rings is 2. The van der Waals surface area contributed by atoms with E-state index in [0.717, 1.165) is 53.0 Å². The molecule has 4 aliphatic heterocycles. The molecule has 1 aliphatic carbocycles. The summed E-state index contributed by atoms with van der Waals surface area (Å²) in [6.45, 7) is 8.52. The zero-order valence-electron chi connectivity index (χ0n) is 30.5. The number of alkyl halides is 1. The molecule has 3 fully saturated rings. The second kappa shape index (κ2) is 14.4. The summed E-state index contributed by atoms with van der Waals surface area (Å²) < 4.78 is 50.2. The molecule has 5 aliphatic rings. The molecule has 54 heavy (non-hydrogen) atoms. The Kier molecular flexibility index (Phi) is 9.61.